The molecule has 0 saturated heterocycles. The maximum Gasteiger partial charge on any atom is 0.223 e. The molecule has 3 N–H and O–H groups in total. The van der Waals surface area contributed by atoms with E-state index in [1.165, 1.54) is 5.56 Å². The van der Waals surface area contributed by atoms with Gasteiger partial charge in [-0.25, -0.2) is 0 Å². The summed E-state index contributed by atoms with van der Waals surface area (Å²) in [5.74, 6) is 1.19. The Morgan fingerprint density at radius 3 is 2.40 bits per heavy atom. The summed E-state index contributed by atoms with van der Waals surface area (Å²) in [6.45, 7) is 9.08. The molecule has 0 unspecified atom stereocenters. The van der Waals surface area contributed by atoms with E-state index in [1.807, 2.05) is 31.2 Å². The summed E-state index contributed by atoms with van der Waals surface area (Å²) in [6.07, 6.45) is 2.06. The number of guanidine groups is 1. The van der Waals surface area contributed by atoms with Crippen molar-refractivity contribution in [1.29, 1.82) is 0 Å². The van der Waals surface area contributed by atoms with E-state index < -0.39 is 0 Å². The van der Waals surface area contributed by atoms with Crippen LogP contribution >= 0.6 is 11.6 Å². The second-order valence-electron chi connectivity index (χ2n) is 7.08. The Bertz CT molecular complexity index is 594. The first kappa shape index (κ1) is 19.6. The number of hydrogen-bond donors (Lipinski definition) is 3. The van der Waals surface area contributed by atoms with E-state index in [9.17, 15) is 4.79 Å². The lowest BCUT2D eigenvalue weighted by Crippen LogP contribution is -2.42. The van der Waals surface area contributed by atoms with Crippen LogP contribution in [0.25, 0.3) is 0 Å². The molecule has 2 rings (SSSR count). The number of rotatable bonds is 8. The number of nitrogens with one attached hydrogen (secondary N) is 3. The molecule has 0 radical (unpaired) electrons. The SMILES string of the molecule is CCNC(=NCC(C)(C)c1ccc(Cl)cc1)NCCNC(=O)C1CC1. The number of hydrogen-bond acceptors (Lipinski definition) is 2. The Morgan fingerprint density at radius 2 is 1.80 bits per heavy atom. The molecule has 0 heterocycles. The molecular weight excluding hydrogens is 336 g/mol. The van der Waals surface area contributed by atoms with Gasteiger partial charge >= 0.3 is 0 Å². The lowest BCUT2D eigenvalue weighted by molar-refractivity contribution is -0.122. The maximum absolute atomic E-state index is 11.6. The zero-order chi connectivity index (χ0) is 18.3. The lowest BCUT2D eigenvalue weighted by Gasteiger charge is -2.24. The highest BCUT2D eigenvalue weighted by molar-refractivity contribution is 6.30. The molecular formula is C19H29ClN4O. The first-order chi connectivity index (χ1) is 11.9. The van der Waals surface area contributed by atoms with Gasteiger partial charge in [0.1, 0.15) is 0 Å². The minimum absolute atomic E-state index is 0.0901. The Morgan fingerprint density at radius 1 is 1.16 bits per heavy atom. The molecule has 25 heavy (non-hydrogen) atoms. The Labute approximate surface area is 155 Å². The van der Waals surface area contributed by atoms with Gasteiger partial charge in [-0.1, -0.05) is 37.6 Å². The molecule has 1 aliphatic carbocycles. The highest BCUT2D eigenvalue weighted by Crippen LogP contribution is 2.28. The van der Waals surface area contributed by atoms with E-state index in [-0.39, 0.29) is 17.2 Å². The topological polar surface area (TPSA) is 65.5 Å². The molecule has 0 spiro atoms. The van der Waals surface area contributed by atoms with Crippen molar-refractivity contribution in [1.82, 2.24) is 16.0 Å². The van der Waals surface area contributed by atoms with Crippen molar-refractivity contribution >= 4 is 23.5 Å². The molecule has 5 nitrogen and oxygen atoms in total. The summed E-state index contributed by atoms with van der Waals surface area (Å²) in [5, 5.41) is 10.2. The van der Waals surface area contributed by atoms with E-state index in [4.69, 9.17) is 16.6 Å². The second kappa shape index (κ2) is 9.09. The fourth-order valence-corrected chi connectivity index (χ4v) is 2.59. The van der Waals surface area contributed by atoms with Gasteiger partial charge in [-0.3, -0.25) is 9.79 Å². The van der Waals surface area contributed by atoms with Crippen LogP contribution in [-0.2, 0) is 10.2 Å². The van der Waals surface area contributed by atoms with Crippen LogP contribution in [0, 0.1) is 5.92 Å². The second-order valence-corrected chi connectivity index (χ2v) is 7.51. The summed E-state index contributed by atoms with van der Waals surface area (Å²) in [6, 6.07) is 7.92. The van der Waals surface area contributed by atoms with Gasteiger partial charge in [0.15, 0.2) is 5.96 Å². The first-order valence-electron chi connectivity index (χ1n) is 8.98. The molecule has 1 aromatic carbocycles. The molecule has 1 saturated carbocycles. The molecule has 0 aromatic heterocycles. The lowest BCUT2D eigenvalue weighted by atomic mass is 9.85. The fraction of sp³-hybridized carbons (Fsp3) is 0.579. The van der Waals surface area contributed by atoms with Gasteiger partial charge < -0.3 is 16.0 Å². The van der Waals surface area contributed by atoms with Crippen LogP contribution < -0.4 is 16.0 Å². The summed E-state index contributed by atoms with van der Waals surface area (Å²) in [4.78, 5) is 16.3. The van der Waals surface area contributed by atoms with Gasteiger partial charge in [0, 0.05) is 36.0 Å². The van der Waals surface area contributed by atoms with Crippen molar-refractivity contribution < 1.29 is 4.79 Å². The number of benzene rings is 1. The van der Waals surface area contributed by atoms with Crippen molar-refractivity contribution in [3.8, 4) is 0 Å². The Hall–Kier alpha value is -1.75. The fourth-order valence-electron chi connectivity index (χ4n) is 2.47. The van der Waals surface area contributed by atoms with E-state index in [1.54, 1.807) is 0 Å². The standard InChI is InChI=1S/C19H29ClN4O/c1-4-21-18(23-12-11-22-17(25)14-5-6-14)24-13-19(2,3)15-7-9-16(20)10-8-15/h7-10,14H,4-6,11-13H2,1-3H3,(H,22,25)(H2,21,23,24). The van der Waals surface area contributed by atoms with Crippen LogP contribution in [0.3, 0.4) is 0 Å². The molecule has 1 aliphatic rings. The number of halogens is 1. The third-order valence-electron chi connectivity index (χ3n) is 4.27. The van der Waals surface area contributed by atoms with Gasteiger partial charge in [-0.05, 0) is 37.5 Å². The predicted molar refractivity (Wildman–Crippen MR) is 104 cm³/mol. The summed E-state index contributed by atoms with van der Waals surface area (Å²) in [7, 11) is 0. The maximum atomic E-state index is 11.6. The van der Waals surface area contributed by atoms with Crippen molar-refractivity contribution in [3.05, 3.63) is 34.9 Å². The van der Waals surface area contributed by atoms with Crippen molar-refractivity contribution in [2.75, 3.05) is 26.2 Å². The van der Waals surface area contributed by atoms with Crippen LogP contribution in [0.4, 0.5) is 0 Å². The zero-order valence-electron chi connectivity index (χ0n) is 15.4. The normalized spacial score (nSPS) is 15.0. The molecule has 1 amide bonds. The van der Waals surface area contributed by atoms with Crippen molar-refractivity contribution in [2.24, 2.45) is 10.9 Å². The van der Waals surface area contributed by atoms with Crippen LogP contribution in [0.1, 0.15) is 39.2 Å². The van der Waals surface area contributed by atoms with Gasteiger partial charge in [0.05, 0.1) is 6.54 Å². The molecule has 1 fully saturated rings. The van der Waals surface area contributed by atoms with Gasteiger partial charge in [-0.2, -0.15) is 0 Å². The third kappa shape index (κ3) is 6.58. The van der Waals surface area contributed by atoms with Crippen LogP contribution in [0.5, 0.6) is 0 Å². The summed E-state index contributed by atoms with van der Waals surface area (Å²) >= 11 is 5.97. The third-order valence-corrected chi connectivity index (χ3v) is 4.52. The number of nitrogens with zero attached hydrogens (tertiary/aromatic N) is 1. The average molecular weight is 365 g/mol. The van der Waals surface area contributed by atoms with Crippen LogP contribution in [0.2, 0.25) is 5.02 Å². The molecule has 6 heteroatoms. The van der Waals surface area contributed by atoms with E-state index in [2.05, 4.69) is 29.8 Å². The summed E-state index contributed by atoms with van der Waals surface area (Å²) in [5.41, 5.74) is 1.11. The van der Waals surface area contributed by atoms with Crippen LogP contribution in [-0.4, -0.2) is 38.0 Å². The van der Waals surface area contributed by atoms with Crippen LogP contribution in [0.15, 0.2) is 29.3 Å². The largest absolute Gasteiger partial charge is 0.357 e. The monoisotopic (exact) mass is 364 g/mol. The number of aliphatic imine (C=N–C) groups is 1. The van der Waals surface area contributed by atoms with Gasteiger partial charge in [0.25, 0.3) is 0 Å². The first-order valence-corrected chi connectivity index (χ1v) is 9.36. The molecule has 138 valence electrons. The highest BCUT2D eigenvalue weighted by Gasteiger charge is 2.29. The smallest absolute Gasteiger partial charge is 0.223 e. The Balaban J connectivity index is 1.84. The highest BCUT2D eigenvalue weighted by atomic mass is 35.5. The van der Waals surface area contributed by atoms with Crippen molar-refractivity contribution in [2.45, 2.75) is 39.0 Å². The van der Waals surface area contributed by atoms with E-state index in [0.717, 1.165) is 30.4 Å². The molecule has 0 bridgehead atoms. The quantitative estimate of drug-likeness (QED) is 0.377. The number of carbonyl (C=O) groups is 1. The summed E-state index contributed by atoms with van der Waals surface area (Å²) < 4.78 is 0. The average Bonchev–Trinajstić information content (AvgIpc) is 3.41. The minimum Gasteiger partial charge on any atom is -0.357 e. The molecule has 0 atom stereocenters. The van der Waals surface area contributed by atoms with Gasteiger partial charge in [0.2, 0.25) is 5.91 Å². The minimum atomic E-state index is -0.0901. The molecule has 1 aromatic rings. The van der Waals surface area contributed by atoms with Crippen molar-refractivity contribution in [3.63, 3.8) is 0 Å². The predicted octanol–water partition coefficient (Wildman–Crippen LogP) is 2.70. The van der Waals surface area contributed by atoms with E-state index >= 15 is 0 Å². The Kier molecular flexibility index (Phi) is 7.12. The number of carbonyl (C=O) groups excluding carboxylic acids is 1. The zero-order valence-corrected chi connectivity index (χ0v) is 16.1. The number of amides is 1. The van der Waals surface area contributed by atoms with E-state index in [0.29, 0.717) is 19.6 Å². The van der Waals surface area contributed by atoms with Gasteiger partial charge in [-0.15, -0.1) is 0 Å². The molecule has 0 aliphatic heterocycles.